The minimum atomic E-state index is -0.928. The molecule has 0 aliphatic heterocycles. The summed E-state index contributed by atoms with van der Waals surface area (Å²) in [6.45, 7) is 7.04. The number of aliphatic hydroxyl groups is 1. The summed E-state index contributed by atoms with van der Waals surface area (Å²) in [4.78, 5) is 34.1. The largest absolute Gasteiger partial charge is 0.484 e. The molecule has 1 atom stereocenters. The highest BCUT2D eigenvalue weighted by Gasteiger charge is 2.18. The molecule has 0 fully saturated rings. The normalized spacial score (nSPS) is 12.3. The molecule has 5 rings (SSSR count). The van der Waals surface area contributed by atoms with E-state index in [4.69, 9.17) is 14.2 Å². The van der Waals surface area contributed by atoms with Gasteiger partial charge in [-0.05, 0) is 45.4 Å². The number of rotatable bonds is 10. The highest BCUT2D eigenvalue weighted by molar-refractivity contribution is 7.21. The third kappa shape index (κ3) is 7.40. The smallest absolute Gasteiger partial charge is 0.411 e. The van der Waals surface area contributed by atoms with Crippen LogP contribution in [0.5, 0.6) is 11.6 Å². The maximum Gasteiger partial charge on any atom is 0.411 e. The van der Waals surface area contributed by atoms with Crippen molar-refractivity contribution in [3.8, 4) is 22.2 Å². The zero-order valence-corrected chi connectivity index (χ0v) is 25.0. The Hall–Kier alpha value is -4.69. The van der Waals surface area contributed by atoms with E-state index in [1.807, 2.05) is 19.1 Å². The van der Waals surface area contributed by atoms with Gasteiger partial charge in [-0.2, -0.15) is 0 Å². The van der Waals surface area contributed by atoms with Gasteiger partial charge in [-0.1, -0.05) is 0 Å². The Labute approximate surface area is 250 Å². The molecule has 224 valence electrons. The second-order valence-corrected chi connectivity index (χ2v) is 11.5. The van der Waals surface area contributed by atoms with Crippen molar-refractivity contribution in [1.82, 2.24) is 24.9 Å². The number of aromatic nitrogens is 5. The summed E-state index contributed by atoms with van der Waals surface area (Å²) in [5.74, 6) is 0.138. The van der Waals surface area contributed by atoms with Crippen LogP contribution in [0.3, 0.4) is 0 Å². The van der Waals surface area contributed by atoms with Crippen LogP contribution in [0.1, 0.15) is 26.3 Å². The number of hydrogen-bond acceptors (Lipinski definition) is 12. The highest BCUT2D eigenvalue weighted by atomic mass is 32.1. The second kappa shape index (κ2) is 12.3. The van der Waals surface area contributed by atoms with E-state index in [2.05, 4.69) is 35.6 Å². The number of carbonyl (C=O) groups is 1. The fourth-order valence-electron chi connectivity index (χ4n) is 4.02. The average molecular weight is 608 g/mol. The Morgan fingerprint density at radius 1 is 1.09 bits per heavy atom. The van der Waals surface area contributed by atoms with Crippen LogP contribution in [0.4, 0.5) is 20.8 Å². The molecule has 0 bridgehead atoms. The number of hydrogen-bond donors (Lipinski definition) is 3. The van der Waals surface area contributed by atoms with Crippen molar-refractivity contribution >= 4 is 50.3 Å². The molecule has 14 heteroatoms. The lowest BCUT2D eigenvalue weighted by Gasteiger charge is -2.17. The van der Waals surface area contributed by atoms with E-state index in [1.165, 1.54) is 36.9 Å². The molecule has 0 spiro atoms. The minimum absolute atomic E-state index is 0.0142. The lowest BCUT2D eigenvalue weighted by molar-refractivity contribution is 0.0943. The van der Waals surface area contributed by atoms with Gasteiger partial charge in [0.2, 0.25) is 11.8 Å². The molecule has 0 aliphatic carbocycles. The summed E-state index contributed by atoms with van der Waals surface area (Å²) < 4.78 is 31.9. The number of anilines is 2. The SMILES string of the molecule is COc1cnc2c(-c3nc4cc(F)c(O[C@@H](C)COC(=O)Nc5cnc(NCC(C)(C)O)nc5)cc4s3)cc(C)cc2n1. The quantitative estimate of drug-likeness (QED) is 0.188. The van der Waals surface area contributed by atoms with Crippen LogP contribution in [0.15, 0.2) is 42.9 Å². The van der Waals surface area contributed by atoms with Crippen LogP contribution in [-0.4, -0.2) is 68.1 Å². The predicted octanol–water partition coefficient (Wildman–Crippen LogP) is 5.35. The first kappa shape index (κ1) is 29.8. The number of nitrogens with zero attached hydrogens (tertiary/aromatic N) is 5. The Kier molecular flexibility index (Phi) is 8.50. The number of ether oxygens (including phenoxy) is 3. The van der Waals surface area contributed by atoms with E-state index in [1.54, 1.807) is 33.0 Å². The number of carbonyl (C=O) groups excluding carboxylic acids is 1. The van der Waals surface area contributed by atoms with Crippen molar-refractivity contribution in [1.29, 1.82) is 0 Å². The number of halogens is 1. The first-order valence-electron chi connectivity index (χ1n) is 13.3. The maximum atomic E-state index is 15.0. The summed E-state index contributed by atoms with van der Waals surface area (Å²) in [6.07, 6.45) is 2.95. The van der Waals surface area contributed by atoms with Gasteiger partial charge in [-0.15, -0.1) is 11.3 Å². The van der Waals surface area contributed by atoms with Gasteiger partial charge in [0, 0.05) is 24.2 Å². The topological polar surface area (TPSA) is 154 Å². The third-order valence-corrected chi connectivity index (χ3v) is 7.06. The van der Waals surface area contributed by atoms with Crippen molar-refractivity contribution < 1.29 is 28.5 Å². The molecule has 0 saturated heterocycles. The fourth-order valence-corrected chi connectivity index (χ4v) is 5.01. The maximum absolute atomic E-state index is 15.0. The molecule has 5 aromatic rings. The van der Waals surface area contributed by atoms with Crippen molar-refractivity contribution in [2.45, 2.75) is 39.4 Å². The van der Waals surface area contributed by atoms with Gasteiger partial charge >= 0.3 is 6.09 Å². The summed E-state index contributed by atoms with van der Waals surface area (Å²) >= 11 is 1.38. The number of aryl methyl sites for hydroxylation is 1. The monoisotopic (exact) mass is 607 g/mol. The lowest BCUT2D eigenvalue weighted by Crippen LogP contribution is -2.29. The Morgan fingerprint density at radius 2 is 1.86 bits per heavy atom. The standard InChI is InChI=1S/C29H30FN7O5S/c1-15-6-18(25-21(7-15)36-24(40-5)12-31-25)26-37-20-8-19(30)22(9-23(20)43-26)42-16(2)13-41-28(38)35-17-10-32-27(33-11-17)34-14-29(3,4)39/h6-12,16,39H,13-14H2,1-5H3,(H,35,38)(H,32,33,34)/t16-/m0/s1. The number of fused-ring (bicyclic) bond motifs is 2. The molecule has 3 heterocycles. The van der Waals surface area contributed by atoms with Crippen LogP contribution in [0.2, 0.25) is 0 Å². The summed E-state index contributed by atoms with van der Waals surface area (Å²) in [5, 5.41) is 15.9. The molecule has 12 nitrogen and oxygen atoms in total. The lowest BCUT2D eigenvalue weighted by atomic mass is 10.1. The molecule has 3 N–H and O–H groups in total. The van der Waals surface area contributed by atoms with E-state index >= 15 is 0 Å². The van der Waals surface area contributed by atoms with Crippen LogP contribution in [-0.2, 0) is 4.74 Å². The summed E-state index contributed by atoms with van der Waals surface area (Å²) in [5.41, 5.74) is 2.96. The fraction of sp³-hybridized carbons (Fsp3) is 0.310. The third-order valence-electron chi connectivity index (χ3n) is 6.01. The van der Waals surface area contributed by atoms with E-state index in [0.29, 0.717) is 43.8 Å². The summed E-state index contributed by atoms with van der Waals surface area (Å²) in [7, 11) is 1.53. The first-order valence-corrected chi connectivity index (χ1v) is 14.1. The molecular formula is C29H30FN7O5S. The molecular weight excluding hydrogens is 577 g/mol. The zero-order valence-electron chi connectivity index (χ0n) is 24.1. The van der Waals surface area contributed by atoms with Crippen LogP contribution in [0.25, 0.3) is 31.8 Å². The van der Waals surface area contributed by atoms with Crippen molar-refractivity contribution in [3.63, 3.8) is 0 Å². The number of methoxy groups -OCH3 is 1. The zero-order chi connectivity index (χ0) is 30.7. The molecule has 0 saturated carbocycles. The second-order valence-electron chi connectivity index (χ2n) is 10.5. The van der Waals surface area contributed by atoms with E-state index in [-0.39, 0.29) is 18.9 Å². The van der Waals surface area contributed by atoms with Gasteiger partial charge in [0.05, 0.1) is 58.2 Å². The molecule has 43 heavy (non-hydrogen) atoms. The number of nitrogens with one attached hydrogen (secondary N) is 2. The van der Waals surface area contributed by atoms with Crippen molar-refractivity contribution in [2.24, 2.45) is 0 Å². The summed E-state index contributed by atoms with van der Waals surface area (Å²) in [6, 6.07) is 6.78. The van der Waals surface area contributed by atoms with Gasteiger partial charge in [0.15, 0.2) is 11.6 Å². The van der Waals surface area contributed by atoms with Crippen molar-refractivity contribution in [2.75, 3.05) is 30.9 Å². The van der Waals surface area contributed by atoms with Crippen LogP contribution < -0.4 is 20.1 Å². The highest BCUT2D eigenvalue weighted by Crippen LogP contribution is 2.37. The number of thiazole rings is 1. The molecule has 1 amide bonds. The van der Waals surface area contributed by atoms with E-state index < -0.39 is 23.6 Å². The van der Waals surface area contributed by atoms with Gasteiger partial charge < -0.3 is 24.6 Å². The molecule has 0 aliphatic rings. The van der Waals surface area contributed by atoms with E-state index in [0.717, 1.165) is 11.1 Å². The van der Waals surface area contributed by atoms with Crippen molar-refractivity contribution in [3.05, 3.63) is 54.2 Å². The van der Waals surface area contributed by atoms with Gasteiger partial charge in [-0.25, -0.2) is 34.1 Å². The van der Waals surface area contributed by atoms with Gasteiger partial charge in [0.25, 0.3) is 0 Å². The van der Waals surface area contributed by atoms with Gasteiger partial charge in [0.1, 0.15) is 17.7 Å². The molecule has 3 aromatic heterocycles. The Balaban J connectivity index is 1.22. The Bertz CT molecular complexity index is 1780. The minimum Gasteiger partial charge on any atom is -0.484 e. The van der Waals surface area contributed by atoms with E-state index in [9.17, 15) is 14.3 Å². The number of benzene rings is 2. The molecule has 2 aromatic carbocycles. The van der Waals surface area contributed by atoms with Crippen LogP contribution >= 0.6 is 11.3 Å². The van der Waals surface area contributed by atoms with Crippen LogP contribution in [0, 0.1) is 12.7 Å². The Morgan fingerprint density at radius 3 is 2.58 bits per heavy atom. The first-order chi connectivity index (χ1) is 20.5. The predicted molar refractivity (Wildman–Crippen MR) is 161 cm³/mol. The average Bonchev–Trinajstić information content (AvgIpc) is 3.37. The molecule has 0 radical (unpaired) electrons. The molecule has 0 unspecified atom stereocenters. The number of amides is 1. The van der Waals surface area contributed by atoms with Gasteiger partial charge in [-0.3, -0.25) is 5.32 Å².